The van der Waals surface area contributed by atoms with E-state index in [0.717, 1.165) is 12.1 Å². The summed E-state index contributed by atoms with van der Waals surface area (Å²) in [6.07, 6.45) is 0.598. The maximum Gasteiger partial charge on any atom is 0.242 e. The lowest BCUT2D eigenvalue weighted by Gasteiger charge is -2.24. The summed E-state index contributed by atoms with van der Waals surface area (Å²) >= 11 is 5.74. The van der Waals surface area contributed by atoms with Gasteiger partial charge in [-0.25, -0.2) is 17.5 Å². The first-order valence-corrected chi connectivity index (χ1v) is 7.23. The van der Waals surface area contributed by atoms with Gasteiger partial charge in [0.1, 0.15) is 10.7 Å². The van der Waals surface area contributed by atoms with Crippen molar-refractivity contribution in [2.75, 3.05) is 5.73 Å². The monoisotopic (exact) mass is 294 g/mol. The van der Waals surface area contributed by atoms with Gasteiger partial charge < -0.3 is 5.73 Å². The standard InChI is InChI=1S/C11H16ClFN2O2S/c1-4-11(2,3)15-18(16,17)10-6-9(14)8(13)5-7(10)12/h5-6,15H,4,14H2,1-3H3. The Labute approximate surface area is 111 Å². The van der Waals surface area contributed by atoms with Crippen LogP contribution in [0.1, 0.15) is 27.2 Å². The van der Waals surface area contributed by atoms with Crippen LogP contribution in [-0.2, 0) is 10.0 Å². The molecule has 0 aliphatic carbocycles. The number of sulfonamides is 1. The predicted molar refractivity (Wildman–Crippen MR) is 70.5 cm³/mol. The Bertz CT molecular complexity index is 558. The van der Waals surface area contributed by atoms with Crippen LogP contribution in [0, 0.1) is 5.82 Å². The molecule has 18 heavy (non-hydrogen) atoms. The SMILES string of the molecule is CCC(C)(C)NS(=O)(=O)c1cc(N)c(F)cc1Cl. The van der Waals surface area contributed by atoms with Crippen LogP contribution in [-0.4, -0.2) is 14.0 Å². The van der Waals surface area contributed by atoms with E-state index in [9.17, 15) is 12.8 Å². The van der Waals surface area contributed by atoms with Crippen molar-refractivity contribution >= 4 is 27.3 Å². The molecule has 0 amide bonds. The molecule has 0 aromatic heterocycles. The first-order valence-electron chi connectivity index (χ1n) is 5.37. The summed E-state index contributed by atoms with van der Waals surface area (Å²) in [5.41, 5.74) is 4.48. The normalized spacial score (nSPS) is 12.7. The fraction of sp³-hybridized carbons (Fsp3) is 0.455. The lowest BCUT2D eigenvalue weighted by molar-refractivity contribution is 0.439. The molecule has 102 valence electrons. The molecule has 0 saturated carbocycles. The Morgan fingerprint density at radius 3 is 2.50 bits per heavy atom. The van der Waals surface area contributed by atoms with Crippen molar-refractivity contribution < 1.29 is 12.8 Å². The smallest absolute Gasteiger partial charge is 0.242 e. The Hall–Kier alpha value is -0.850. The number of nitrogens with one attached hydrogen (secondary N) is 1. The van der Waals surface area contributed by atoms with Crippen molar-refractivity contribution in [3.05, 3.63) is 23.0 Å². The summed E-state index contributed by atoms with van der Waals surface area (Å²) in [7, 11) is -3.83. The lowest BCUT2D eigenvalue weighted by Crippen LogP contribution is -2.42. The number of hydrogen-bond acceptors (Lipinski definition) is 3. The highest BCUT2D eigenvalue weighted by Gasteiger charge is 2.27. The number of nitrogens with two attached hydrogens (primary N) is 1. The van der Waals surface area contributed by atoms with Crippen LogP contribution in [0.3, 0.4) is 0 Å². The molecule has 0 atom stereocenters. The zero-order valence-corrected chi connectivity index (χ0v) is 12.0. The minimum absolute atomic E-state index is 0.193. The van der Waals surface area contributed by atoms with Crippen LogP contribution in [0.5, 0.6) is 0 Å². The Morgan fingerprint density at radius 1 is 1.44 bits per heavy atom. The number of benzene rings is 1. The van der Waals surface area contributed by atoms with Crippen LogP contribution >= 0.6 is 11.6 Å². The number of anilines is 1. The maximum absolute atomic E-state index is 13.1. The van der Waals surface area contributed by atoms with E-state index in [1.807, 2.05) is 6.92 Å². The van der Waals surface area contributed by atoms with Crippen molar-refractivity contribution in [1.29, 1.82) is 0 Å². The molecule has 0 fully saturated rings. The van der Waals surface area contributed by atoms with Gasteiger partial charge in [0.05, 0.1) is 10.7 Å². The summed E-state index contributed by atoms with van der Waals surface area (Å²) < 4.78 is 39.9. The molecule has 0 bridgehead atoms. The van der Waals surface area contributed by atoms with Gasteiger partial charge in [-0.3, -0.25) is 0 Å². The van der Waals surface area contributed by atoms with E-state index in [4.69, 9.17) is 17.3 Å². The third-order valence-electron chi connectivity index (χ3n) is 2.64. The molecule has 3 N–H and O–H groups in total. The molecule has 4 nitrogen and oxygen atoms in total. The highest BCUT2D eigenvalue weighted by molar-refractivity contribution is 7.89. The van der Waals surface area contributed by atoms with E-state index in [0.29, 0.717) is 6.42 Å². The molecular formula is C11H16ClFN2O2S. The second-order valence-corrected chi connectivity index (χ2v) is 6.71. The first kappa shape index (κ1) is 15.2. The summed E-state index contributed by atoms with van der Waals surface area (Å²) in [4.78, 5) is -0.218. The average Bonchev–Trinajstić information content (AvgIpc) is 2.21. The van der Waals surface area contributed by atoms with Crippen LogP contribution in [0.2, 0.25) is 5.02 Å². The van der Waals surface area contributed by atoms with E-state index in [1.54, 1.807) is 13.8 Å². The van der Waals surface area contributed by atoms with Crippen molar-refractivity contribution in [3.63, 3.8) is 0 Å². The van der Waals surface area contributed by atoms with E-state index < -0.39 is 21.4 Å². The number of nitrogen functional groups attached to an aromatic ring is 1. The fourth-order valence-electron chi connectivity index (χ4n) is 1.24. The molecule has 7 heteroatoms. The van der Waals surface area contributed by atoms with Gasteiger partial charge in [-0.2, -0.15) is 0 Å². The molecule has 1 aromatic carbocycles. The van der Waals surface area contributed by atoms with Crippen LogP contribution in [0.25, 0.3) is 0 Å². The third-order valence-corrected chi connectivity index (χ3v) is 4.80. The highest BCUT2D eigenvalue weighted by Crippen LogP contribution is 2.27. The van der Waals surface area contributed by atoms with Gasteiger partial charge in [0, 0.05) is 5.54 Å². The van der Waals surface area contributed by atoms with Crippen molar-refractivity contribution in [3.8, 4) is 0 Å². The van der Waals surface area contributed by atoms with Crippen LogP contribution in [0.15, 0.2) is 17.0 Å². The minimum Gasteiger partial charge on any atom is -0.396 e. The van der Waals surface area contributed by atoms with Crippen molar-refractivity contribution in [1.82, 2.24) is 4.72 Å². The summed E-state index contributed by atoms with van der Waals surface area (Å²) in [5, 5.41) is -0.193. The van der Waals surface area contributed by atoms with Crippen molar-refractivity contribution in [2.45, 2.75) is 37.6 Å². The average molecular weight is 295 g/mol. The largest absolute Gasteiger partial charge is 0.396 e. The molecule has 0 unspecified atom stereocenters. The fourth-order valence-corrected chi connectivity index (χ4v) is 3.28. The summed E-state index contributed by atoms with van der Waals surface area (Å²) in [6, 6.07) is 1.91. The Balaban J connectivity index is 3.26. The minimum atomic E-state index is -3.83. The van der Waals surface area contributed by atoms with E-state index in [-0.39, 0.29) is 15.6 Å². The lowest BCUT2D eigenvalue weighted by atomic mass is 10.0. The van der Waals surface area contributed by atoms with Gasteiger partial charge in [-0.05, 0) is 32.4 Å². The second-order valence-electron chi connectivity index (χ2n) is 4.65. The van der Waals surface area contributed by atoms with Gasteiger partial charge in [-0.15, -0.1) is 0 Å². The van der Waals surface area contributed by atoms with Gasteiger partial charge in [-0.1, -0.05) is 18.5 Å². The van der Waals surface area contributed by atoms with Gasteiger partial charge >= 0.3 is 0 Å². The highest BCUT2D eigenvalue weighted by atomic mass is 35.5. The van der Waals surface area contributed by atoms with Gasteiger partial charge in [0.15, 0.2) is 0 Å². The predicted octanol–water partition coefficient (Wildman–Crippen LogP) is 2.53. The molecule has 0 radical (unpaired) electrons. The van der Waals surface area contributed by atoms with Gasteiger partial charge in [0.25, 0.3) is 0 Å². The molecule has 1 aromatic rings. The van der Waals surface area contributed by atoms with E-state index >= 15 is 0 Å². The Morgan fingerprint density at radius 2 is 2.00 bits per heavy atom. The van der Waals surface area contributed by atoms with Crippen molar-refractivity contribution in [2.24, 2.45) is 0 Å². The molecule has 1 rings (SSSR count). The molecule has 0 spiro atoms. The number of halogens is 2. The second kappa shape index (κ2) is 5.03. The molecule has 0 heterocycles. The summed E-state index contributed by atoms with van der Waals surface area (Å²) in [5.74, 6) is -0.742. The van der Waals surface area contributed by atoms with Gasteiger partial charge in [0.2, 0.25) is 10.0 Å². The van der Waals surface area contributed by atoms with E-state index in [1.165, 1.54) is 0 Å². The van der Waals surface area contributed by atoms with E-state index in [2.05, 4.69) is 4.72 Å². The zero-order chi connectivity index (χ0) is 14.1. The third kappa shape index (κ3) is 3.34. The first-order chi connectivity index (χ1) is 8.09. The molecule has 0 aliphatic heterocycles. The Kier molecular flexibility index (Phi) is 4.25. The molecular weight excluding hydrogens is 279 g/mol. The molecule has 0 saturated heterocycles. The zero-order valence-electron chi connectivity index (χ0n) is 10.4. The summed E-state index contributed by atoms with van der Waals surface area (Å²) in [6.45, 7) is 5.33. The maximum atomic E-state index is 13.1. The molecule has 0 aliphatic rings. The number of rotatable bonds is 4. The quantitative estimate of drug-likeness (QED) is 0.838. The van der Waals surface area contributed by atoms with Crippen LogP contribution in [0.4, 0.5) is 10.1 Å². The topological polar surface area (TPSA) is 72.2 Å². The number of hydrogen-bond donors (Lipinski definition) is 2. The van der Waals surface area contributed by atoms with Crippen LogP contribution < -0.4 is 10.5 Å².